The van der Waals surface area contributed by atoms with Crippen LogP contribution >= 0.6 is 0 Å². The molecule has 0 atom stereocenters. The zero-order valence-corrected chi connectivity index (χ0v) is 8.64. The number of rotatable bonds is 2. The number of pyridine rings is 1. The minimum Gasteiger partial charge on any atom is -0.359 e. The Morgan fingerprint density at radius 3 is 2.88 bits per heavy atom. The van der Waals surface area contributed by atoms with Crippen LogP contribution in [0.1, 0.15) is 0 Å². The van der Waals surface area contributed by atoms with E-state index in [1.165, 1.54) is 5.39 Å². The van der Waals surface area contributed by atoms with Gasteiger partial charge in [-0.15, -0.1) is 0 Å². The van der Waals surface area contributed by atoms with Gasteiger partial charge in [0.05, 0.1) is 17.6 Å². The Bertz CT molecular complexity index is 599. The predicted octanol–water partition coefficient (Wildman–Crippen LogP) is 3.31. The van der Waals surface area contributed by atoms with E-state index < -0.39 is 0 Å². The molecule has 3 aromatic rings. The van der Waals surface area contributed by atoms with Gasteiger partial charge in [-0.25, -0.2) is 0 Å². The monoisotopic (exact) mass is 209 g/mol. The average Bonchev–Trinajstić information content (AvgIpc) is 2.74. The highest BCUT2D eigenvalue weighted by atomic mass is 14.9. The number of H-pyrrole nitrogens is 1. The lowest BCUT2D eigenvalue weighted by Gasteiger charge is -2.03. The molecule has 0 aliphatic rings. The number of nitrogens with zero attached hydrogens (tertiary/aromatic N) is 1. The van der Waals surface area contributed by atoms with Crippen molar-refractivity contribution in [3.8, 4) is 0 Å². The van der Waals surface area contributed by atoms with Crippen molar-refractivity contribution in [1.82, 2.24) is 9.97 Å². The molecular formula is C13H11N3. The third-order valence-electron chi connectivity index (χ3n) is 2.53. The molecule has 2 N–H and O–H groups in total. The Morgan fingerprint density at radius 2 is 2.00 bits per heavy atom. The van der Waals surface area contributed by atoms with Crippen LogP contribution in [-0.4, -0.2) is 9.97 Å². The second-order valence-corrected chi connectivity index (χ2v) is 3.61. The highest BCUT2D eigenvalue weighted by molar-refractivity contribution is 5.93. The molecule has 3 rings (SSSR count). The van der Waals surface area contributed by atoms with E-state index in [4.69, 9.17) is 0 Å². The topological polar surface area (TPSA) is 40.7 Å². The maximum absolute atomic E-state index is 4.07. The summed E-state index contributed by atoms with van der Waals surface area (Å²) in [5.74, 6) is 0. The SMILES string of the molecule is c1cncc(Nc2c[nH]c3ccccc23)c1. The van der Waals surface area contributed by atoms with Gasteiger partial charge in [-0.3, -0.25) is 4.98 Å². The summed E-state index contributed by atoms with van der Waals surface area (Å²) in [6.45, 7) is 0. The zero-order valence-electron chi connectivity index (χ0n) is 8.64. The molecule has 0 aliphatic carbocycles. The van der Waals surface area contributed by atoms with Crippen molar-refractivity contribution >= 4 is 22.3 Å². The molecule has 0 amide bonds. The first-order valence-electron chi connectivity index (χ1n) is 5.17. The molecule has 2 heterocycles. The van der Waals surface area contributed by atoms with Crippen LogP contribution in [0, 0.1) is 0 Å². The molecule has 2 aromatic heterocycles. The summed E-state index contributed by atoms with van der Waals surface area (Å²) in [5.41, 5.74) is 3.20. The Kier molecular flexibility index (Phi) is 2.07. The van der Waals surface area contributed by atoms with Crippen LogP contribution in [0.3, 0.4) is 0 Å². The summed E-state index contributed by atoms with van der Waals surface area (Å²) in [5, 5.41) is 4.52. The van der Waals surface area contributed by atoms with Crippen molar-refractivity contribution < 1.29 is 0 Å². The summed E-state index contributed by atoms with van der Waals surface area (Å²) >= 11 is 0. The number of para-hydroxylation sites is 1. The molecule has 78 valence electrons. The molecule has 0 bridgehead atoms. The summed E-state index contributed by atoms with van der Waals surface area (Å²) in [6.07, 6.45) is 5.54. The van der Waals surface area contributed by atoms with Gasteiger partial charge in [0.1, 0.15) is 0 Å². The van der Waals surface area contributed by atoms with E-state index in [2.05, 4.69) is 27.4 Å². The number of aromatic nitrogens is 2. The first kappa shape index (κ1) is 8.97. The zero-order chi connectivity index (χ0) is 10.8. The van der Waals surface area contributed by atoms with E-state index in [9.17, 15) is 0 Å². The van der Waals surface area contributed by atoms with Gasteiger partial charge in [0.25, 0.3) is 0 Å². The number of benzene rings is 1. The Morgan fingerprint density at radius 1 is 1.06 bits per heavy atom. The molecule has 0 fully saturated rings. The molecule has 3 heteroatoms. The minimum atomic E-state index is 0.993. The van der Waals surface area contributed by atoms with Gasteiger partial charge in [-0.1, -0.05) is 18.2 Å². The minimum absolute atomic E-state index is 0.993. The van der Waals surface area contributed by atoms with Gasteiger partial charge >= 0.3 is 0 Å². The van der Waals surface area contributed by atoms with E-state index in [1.54, 1.807) is 6.20 Å². The molecule has 3 nitrogen and oxygen atoms in total. The largest absolute Gasteiger partial charge is 0.359 e. The van der Waals surface area contributed by atoms with E-state index in [1.807, 2.05) is 36.7 Å². The molecule has 16 heavy (non-hydrogen) atoms. The second kappa shape index (κ2) is 3.70. The summed E-state index contributed by atoms with van der Waals surface area (Å²) < 4.78 is 0. The van der Waals surface area contributed by atoms with Crippen LogP contribution in [0.4, 0.5) is 11.4 Å². The van der Waals surface area contributed by atoms with Gasteiger partial charge < -0.3 is 10.3 Å². The fourth-order valence-corrected chi connectivity index (χ4v) is 1.77. The lowest BCUT2D eigenvalue weighted by Crippen LogP contribution is -1.88. The number of nitrogens with one attached hydrogen (secondary N) is 2. The fraction of sp³-hybridized carbons (Fsp3) is 0. The molecule has 0 saturated carbocycles. The molecular weight excluding hydrogens is 198 g/mol. The summed E-state index contributed by atoms with van der Waals surface area (Å²) in [4.78, 5) is 7.30. The van der Waals surface area contributed by atoms with Crippen LogP contribution in [-0.2, 0) is 0 Å². The van der Waals surface area contributed by atoms with E-state index in [0.29, 0.717) is 0 Å². The maximum Gasteiger partial charge on any atom is 0.0642 e. The van der Waals surface area contributed by atoms with E-state index in [0.717, 1.165) is 16.9 Å². The Balaban J connectivity index is 2.01. The number of fused-ring (bicyclic) bond motifs is 1. The third kappa shape index (κ3) is 1.52. The Labute approximate surface area is 93.1 Å². The Hall–Kier alpha value is -2.29. The van der Waals surface area contributed by atoms with Crippen molar-refractivity contribution in [3.63, 3.8) is 0 Å². The van der Waals surface area contributed by atoms with Crippen LogP contribution in [0.15, 0.2) is 55.0 Å². The van der Waals surface area contributed by atoms with Gasteiger partial charge in [-0.2, -0.15) is 0 Å². The van der Waals surface area contributed by atoms with Crippen LogP contribution in [0.5, 0.6) is 0 Å². The number of aromatic amines is 1. The van der Waals surface area contributed by atoms with Gasteiger partial charge in [0, 0.05) is 23.3 Å². The summed E-state index contributed by atoms with van der Waals surface area (Å²) in [6, 6.07) is 12.1. The lowest BCUT2D eigenvalue weighted by molar-refractivity contribution is 1.32. The van der Waals surface area contributed by atoms with E-state index in [-0.39, 0.29) is 0 Å². The highest BCUT2D eigenvalue weighted by Gasteiger charge is 2.02. The molecule has 0 aliphatic heterocycles. The lowest BCUT2D eigenvalue weighted by atomic mass is 10.2. The first-order chi connectivity index (χ1) is 7.93. The predicted molar refractivity (Wildman–Crippen MR) is 65.8 cm³/mol. The fourth-order valence-electron chi connectivity index (χ4n) is 1.77. The van der Waals surface area contributed by atoms with Crippen LogP contribution in [0.25, 0.3) is 10.9 Å². The van der Waals surface area contributed by atoms with E-state index >= 15 is 0 Å². The van der Waals surface area contributed by atoms with Gasteiger partial charge in [0.2, 0.25) is 0 Å². The standard InChI is InChI=1S/C13H11N3/c1-2-6-12-11(5-1)13(9-15-12)16-10-4-3-7-14-8-10/h1-9,15-16H. The average molecular weight is 209 g/mol. The van der Waals surface area contributed by atoms with Crippen LogP contribution in [0.2, 0.25) is 0 Å². The normalized spacial score (nSPS) is 10.5. The molecule has 0 spiro atoms. The summed E-state index contributed by atoms with van der Waals surface area (Å²) in [7, 11) is 0. The molecule has 0 radical (unpaired) electrons. The van der Waals surface area contributed by atoms with Crippen molar-refractivity contribution in [2.75, 3.05) is 5.32 Å². The molecule has 1 aromatic carbocycles. The van der Waals surface area contributed by atoms with Crippen molar-refractivity contribution in [2.45, 2.75) is 0 Å². The smallest absolute Gasteiger partial charge is 0.0642 e. The third-order valence-corrected chi connectivity index (χ3v) is 2.53. The quantitative estimate of drug-likeness (QED) is 0.679. The first-order valence-corrected chi connectivity index (χ1v) is 5.17. The maximum atomic E-state index is 4.07. The number of hydrogen-bond acceptors (Lipinski definition) is 2. The van der Waals surface area contributed by atoms with Crippen molar-refractivity contribution in [1.29, 1.82) is 0 Å². The van der Waals surface area contributed by atoms with Crippen molar-refractivity contribution in [2.24, 2.45) is 0 Å². The highest BCUT2D eigenvalue weighted by Crippen LogP contribution is 2.25. The molecule has 0 saturated heterocycles. The second-order valence-electron chi connectivity index (χ2n) is 3.61. The number of hydrogen-bond donors (Lipinski definition) is 2. The van der Waals surface area contributed by atoms with Gasteiger partial charge in [-0.05, 0) is 18.2 Å². The van der Waals surface area contributed by atoms with Crippen LogP contribution < -0.4 is 5.32 Å². The van der Waals surface area contributed by atoms with Gasteiger partial charge in [0.15, 0.2) is 0 Å². The van der Waals surface area contributed by atoms with Crippen molar-refractivity contribution in [3.05, 3.63) is 55.0 Å². The number of anilines is 2. The molecule has 0 unspecified atom stereocenters.